The number of carbonyl (C=O) groups excluding carboxylic acids is 1. The lowest BCUT2D eigenvalue weighted by Crippen LogP contribution is -2.38. The van der Waals surface area contributed by atoms with Gasteiger partial charge in [-0.15, -0.1) is 0 Å². The Bertz CT molecular complexity index is 492. The molecular weight excluding hydrogens is 254 g/mol. The van der Waals surface area contributed by atoms with E-state index in [4.69, 9.17) is 5.11 Å². The Balaban J connectivity index is 2.26. The third-order valence-electron chi connectivity index (χ3n) is 4.88. The fourth-order valence-corrected chi connectivity index (χ4v) is 4.23. The molecule has 112 valence electrons. The zero-order valence-electron chi connectivity index (χ0n) is 13.1. The Morgan fingerprint density at radius 2 is 1.70 bits per heavy atom. The third-order valence-corrected chi connectivity index (χ3v) is 4.88. The van der Waals surface area contributed by atoms with Crippen LogP contribution >= 0.6 is 0 Å². The van der Waals surface area contributed by atoms with Gasteiger partial charge in [0.05, 0.1) is 0 Å². The van der Waals surface area contributed by atoms with Gasteiger partial charge in [-0.1, -0.05) is 20.8 Å². The van der Waals surface area contributed by atoms with Gasteiger partial charge in [-0.2, -0.15) is 0 Å². The summed E-state index contributed by atoms with van der Waals surface area (Å²) in [5.41, 5.74) is 0.957. The van der Waals surface area contributed by atoms with E-state index in [1.165, 1.54) is 6.92 Å². The van der Waals surface area contributed by atoms with Gasteiger partial charge in [-0.05, 0) is 43.9 Å². The number of hydrogen-bond donors (Lipinski definition) is 1. The molecule has 2 aliphatic rings. The second kappa shape index (κ2) is 4.61. The van der Waals surface area contributed by atoms with Gasteiger partial charge >= 0.3 is 5.97 Å². The normalized spacial score (nSPS) is 32.9. The minimum atomic E-state index is -1.01. The SMILES string of the molecule is CC(C(=O)O)=C(C)C(=O)N1CC2(C)CC1CC(C)(C)C2. The molecule has 2 unspecified atom stereocenters. The molecule has 4 heteroatoms. The minimum Gasteiger partial charge on any atom is -0.478 e. The summed E-state index contributed by atoms with van der Waals surface area (Å²) in [5.74, 6) is -1.11. The maximum atomic E-state index is 12.6. The maximum absolute atomic E-state index is 12.6. The molecule has 0 radical (unpaired) electrons. The summed E-state index contributed by atoms with van der Waals surface area (Å²) in [6.45, 7) is 10.7. The summed E-state index contributed by atoms with van der Waals surface area (Å²) in [4.78, 5) is 25.5. The lowest BCUT2D eigenvalue weighted by molar-refractivity contribution is -0.134. The predicted octanol–water partition coefficient (Wildman–Crippen LogP) is 2.83. The standard InChI is InChI=1S/C16H25NO3/c1-10(11(2)14(19)20)13(18)17-9-16(5)7-12(17)6-15(3,4)8-16/h12H,6-9H2,1-5H3,(H,19,20). The van der Waals surface area contributed by atoms with Crippen molar-refractivity contribution in [3.8, 4) is 0 Å². The van der Waals surface area contributed by atoms with Crippen molar-refractivity contribution in [2.45, 2.75) is 59.9 Å². The molecule has 1 N–H and O–H groups in total. The summed E-state index contributed by atoms with van der Waals surface area (Å²) in [6.07, 6.45) is 3.18. The van der Waals surface area contributed by atoms with Gasteiger partial charge in [0.1, 0.15) is 0 Å². The Labute approximate surface area is 120 Å². The van der Waals surface area contributed by atoms with Crippen LogP contribution in [0.1, 0.15) is 53.9 Å². The molecule has 20 heavy (non-hydrogen) atoms. The largest absolute Gasteiger partial charge is 0.478 e. The van der Waals surface area contributed by atoms with Gasteiger partial charge < -0.3 is 10.0 Å². The summed E-state index contributed by atoms with van der Waals surface area (Å²) in [7, 11) is 0. The molecule has 1 aliphatic carbocycles. The summed E-state index contributed by atoms with van der Waals surface area (Å²) < 4.78 is 0. The number of carboxylic acid groups (broad SMARTS) is 1. The average Bonchev–Trinajstić information content (AvgIpc) is 2.55. The number of likely N-dealkylation sites (tertiary alicyclic amines) is 1. The molecule has 1 saturated carbocycles. The van der Waals surface area contributed by atoms with Gasteiger partial charge in [0.25, 0.3) is 0 Å². The van der Waals surface area contributed by atoms with E-state index in [0.717, 1.165) is 25.8 Å². The zero-order valence-corrected chi connectivity index (χ0v) is 13.1. The summed E-state index contributed by atoms with van der Waals surface area (Å²) in [6, 6.07) is 0.257. The van der Waals surface area contributed by atoms with Gasteiger partial charge in [0.15, 0.2) is 0 Å². The molecule has 1 amide bonds. The highest BCUT2D eigenvalue weighted by molar-refractivity contribution is 6.01. The Morgan fingerprint density at radius 1 is 1.10 bits per heavy atom. The van der Waals surface area contributed by atoms with Gasteiger partial charge in [0, 0.05) is 23.7 Å². The fraction of sp³-hybridized carbons (Fsp3) is 0.750. The van der Waals surface area contributed by atoms with Gasteiger partial charge in [-0.25, -0.2) is 4.79 Å². The smallest absolute Gasteiger partial charge is 0.331 e. The van der Waals surface area contributed by atoms with E-state index in [1.807, 2.05) is 4.90 Å². The summed E-state index contributed by atoms with van der Waals surface area (Å²) in [5, 5.41) is 9.04. The lowest BCUT2D eigenvalue weighted by Gasteiger charge is -2.39. The molecule has 2 bridgehead atoms. The second-order valence-corrected chi connectivity index (χ2v) is 7.70. The van der Waals surface area contributed by atoms with Crippen molar-refractivity contribution >= 4 is 11.9 Å². The molecule has 0 aromatic heterocycles. The first-order chi connectivity index (χ1) is 9.05. The van der Waals surface area contributed by atoms with Crippen LogP contribution in [-0.4, -0.2) is 34.5 Å². The van der Waals surface area contributed by atoms with E-state index in [-0.39, 0.29) is 28.4 Å². The van der Waals surface area contributed by atoms with E-state index in [1.54, 1.807) is 6.92 Å². The van der Waals surface area contributed by atoms with E-state index in [0.29, 0.717) is 5.57 Å². The van der Waals surface area contributed by atoms with Crippen molar-refractivity contribution < 1.29 is 14.7 Å². The predicted molar refractivity (Wildman–Crippen MR) is 77.2 cm³/mol. The fourth-order valence-electron chi connectivity index (χ4n) is 4.23. The van der Waals surface area contributed by atoms with Gasteiger partial charge in [-0.3, -0.25) is 4.79 Å². The van der Waals surface area contributed by atoms with Crippen molar-refractivity contribution in [1.29, 1.82) is 0 Å². The first-order valence-corrected chi connectivity index (χ1v) is 7.26. The highest BCUT2D eigenvalue weighted by atomic mass is 16.4. The number of nitrogens with zero attached hydrogens (tertiary/aromatic N) is 1. The Morgan fingerprint density at radius 3 is 2.25 bits per heavy atom. The Kier molecular flexibility index (Phi) is 3.47. The number of carbonyl (C=O) groups is 2. The van der Waals surface area contributed by atoms with Gasteiger partial charge in [0.2, 0.25) is 5.91 Å². The molecule has 2 fully saturated rings. The van der Waals surface area contributed by atoms with Crippen molar-refractivity contribution in [3.05, 3.63) is 11.1 Å². The van der Waals surface area contributed by atoms with Crippen LogP contribution in [0.15, 0.2) is 11.1 Å². The number of rotatable bonds is 2. The topological polar surface area (TPSA) is 57.6 Å². The molecule has 0 aromatic rings. The molecular formula is C16H25NO3. The van der Waals surface area contributed by atoms with E-state index < -0.39 is 5.97 Å². The number of fused-ring (bicyclic) bond motifs is 2. The van der Waals surface area contributed by atoms with Crippen LogP contribution in [0.2, 0.25) is 0 Å². The second-order valence-electron chi connectivity index (χ2n) is 7.70. The quantitative estimate of drug-likeness (QED) is 0.791. The van der Waals surface area contributed by atoms with Crippen molar-refractivity contribution in [3.63, 3.8) is 0 Å². The highest BCUT2D eigenvalue weighted by Crippen LogP contribution is 2.52. The maximum Gasteiger partial charge on any atom is 0.331 e. The Hall–Kier alpha value is -1.32. The van der Waals surface area contributed by atoms with E-state index in [2.05, 4.69) is 20.8 Å². The first kappa shape index (κ1) is 15.1. The molecule has 4 nitrogen and oxygen atoms in total. The van der Waals surface area contributed by atoms with E-state index >= 15 is 0 Å². The number of aliphatic carboxylic acids is 1. The summed E-state index contributed by atoms with van der Waals surface area (Å²) >= 11 is 0. The molecule has 0 spiro atoms. The number of hydrogen-bond acceptors (Lipinski definition) is 2. The van der Waals surface area contributed by atoms with Crippen molar-refractivity contribution in [2.75, 3.05) is 6.54 Å². The van der Waals surface area contributed by atoms with Crippen LogP contribution in [0, 0.1) is 10.8 Å². The van der Waals surface area contributed by atoms with Crippen LogP contribution in [-0.2, 0) is 9.59 Å². The lowest BCUT2D eigenvalue weighted by atomic mass is 9.65. The monoisotopic (exact) mass is 279 g/mol. The molecule has 1 heterocycles. The highest BCUT2D eigenvalue weighted by Gasteiger charge is 2.51. The van der Waals surface area contributed by atoms with Crippen LogP contribution < -0.4 is 0 Å². The minimum absolute atomic E-state index is 0.101. The zero-order chi connectivity index (χ0) is 15.3. The third kappa shape index (κ3) is 2.60. The van der Waals surface area contributed by atoms with Crippen LogP contribution in [0.4, 0.5) is 0 Å². The molecule has 1 saturated heterocycles. The molecule has 0 aromatic carbocycles. The number of amides is 1. The molecule has 2 rings (SSSR count). The van der Waals surface area contributed by atoms with E-state index in [9.17, 15) is 9.59 Å². The van der Waals surface area contributed by atoms with Crippen molar-refractivity contribution in [2.24, 2.45) is 10.8 Å². The van der Waals surface area contributed by atoms with Crippen LogP contribution in [0.5, 0.6) is 0 Å². The van der Waals surface area contributed by atoms with Crippen molar-refractivity contribution in [1.82, 2.24) is 4.90 Å². The molecule has 1 aliphatic heterocycles. The molecule has 2 atom stereocenters. The number of carboxylic acids is 1. The first-order valence-electron chi connectivity index (χ1n) is 7.26. The average molecular weight is 279 g/mol. The van der Waals surface area contributed by atoms with Crippen LogP contribution in [0.3, 0.4) is 0 Å². The van der Waals surface area contributed by atoms with Crippen LogP contribution in [0.25, 0.3) is 0 Å².